The second-order valence-electron chi connectivity index (χ2n) is 8.10. The molecule has 4 aromatic rings. The predicted molar refractivity (Wildman–Crippen MR) is 127 cm³/mol. The van der Waals surface area contributed by atoms with E-state index in [1.807, 2.05) is 6.07 Å². The fourth-order valence-corrected chi connectivity index (χ4v) is 5.38. The molecule has 5 rings (SSSR count). The lowest BCUT2D eigenvalue weighted by molar-refractivity contribution is -0.118. The molecule has 0 radical (unpaired) electrons. The van der Waals surface area contributed by atoms with Gasteiger partial charge in [-0.1, -0.05) is 16.5 Å². The van der Waals surface area contributed by atoms with Crippen molar-refractivity contribution in [1.82, 2.24) is 10.1 Å². The van der Waals surface area contributed by atoms with Crippen molar-refractivity contribution in [2.45, 2.75) is 23.2 Å². The Balaban J connectivity index is 1.38. The van der Waals surface area contributed by atoms with Crippen LogP contribution in [0, 0.1) is 0 Å². The first-order valence-corrected chi connectivity index (χ1v) is 13.1. The minimum atomic E-state index is -3.33. The van der Waals surface area contributed by atoms with E-state index in [1.165, 1.54) is 17.4 Å². The minimum Gasteiger partial charge on any atom is -0.493 e. The number of nitrogens with one attached hydrogen (secondary N) is 1. The molecule has 0 saturated heterocycles. The van der Waals surface area contributed by atoms with Crippen LogP contribution in [0.1, 0.15) is 18.5 Å². The average Bonchev–Trinajstić information content (AvgIpc) is 3.29. The van der Waals surface area contributed by atoms with Crippen LogP contribution in [0.4, 0.5) is 5.13 Å². The highest BCUT2D eigenvalue weighted by Gasteiger charge is 2.54. The van der Waals surface area contributed by atoms with Crippen LogP contribution in [0.3, 0.4) is 0 Å². The van der Waals surface area contributed by atoms with Gasteiger partial charge in [-0.25, -0.2) is 13.4 Å². The van der Waals surface area contributed by atoms with Crippen LogP contribution in [-0.2, 0) is 20.0 Å². The Bertz CT molecular complexity index is 1520. The Hall–Kier alpha value is -3.44. The molecular formula is C23H21N3O6S2. The summed E-state index contributed by atoms with van der Waals surface area (Å²) in [4.78, 5) is 17.8. The largest absolute Gasteiger partial charge is 0.493 e. The zero-order valence-electron chi connectivity index (χ0n) is 18.6. The number of amides is 1. The van der Waals surface area contributed by atoms with Crippen LogP contribution in [0.2, 0.25) is 0 Å². The quantitative estimate of drug-likeness (QED) is 0.404. The summed E-state index contributed by atoms with van der Waals surface area (Å²) in [5.74, 6) is 1.46. The van der Waals surface area contributed by atoms with Gasteiger partial charge in [-0.15, -0.1) is 0 Å². The molecule has 2 aromatic carbocycles. The van der Waals surface area contributed by atoms with Crippen LogP contribution < -0.4 is 14.8 Å². The molecule has 11 heteroatoms. The van der Waals surface area contributed by atoms with Crippen molar-refractivity contribution in [3.63, 3.8) is 0 Å². The Morgan fingerprint density at radius 3 is 2.53 bits per heavy atom. The monoisotopic (exact) mass is 499 g/mol. The lowest BCUT2D eigenvalue weighted by Crippen LogP contribution is -2.28. The van der Waals surface area contributed by atoms with Gasteiger partial charge in [0.1, 0.15) is 0 Å². The summed E-state index contributed by atoms with van der Waals surface area (Å²) in [5, 5.41) is 7.45. The van der Waals surface area contributed by atoms with Gasteiger partial charge in [0.2, 0.25) is 5.91 Å². The van der Waals surface area contributed by atoms with E-state index < -0.39 is 15.3 Å². The number of sulfone groups is 1. The maximum Gasteiger partial charge on any atom is 0.238 e. The predicted octanol–water partition coefficient (Wildman–Crippen LogP) is 4.04. The number of nitrogens with zero attached hydrogens (tertiary/aromatic N) is 2. The first-order valence-electron chi connectivity index (χ1n) is 10.4. The maximum absolute atomic E-state index is 13.2. The first-order chi connectivity index (χ1) is 16.2. The van der Waals surface area contributed by atoms with Crippen LogP contribution in [0.5, 0.6) is 11.5 Å². The Labute approximate surface area is 199 Å². The van der Waals surface area contributed by atoms with E-state index in [9.17, 15) is 13.2 Å². The fraction of sp³-hybridized carbons (Fsp3) is 0.261. The van der Waals surface area contributed by atoms with Crippen LogP contribution >= 0.6 is 11.3 Å². The van der Waals surface area contributed by atoms with Crippen molar-refractivity contribution >= 4 is 42.4 Å². The highest BCUT2D eigenvalue weighted by atomic mass is 32.2. The van der Waals surface area contributed by atoms with E-state index >= 15 is 0 Å². The molecule has 0 atom stereocenters. The molecule has 1 fully saturated rings. The number of thiazole rings is 1. The fourth-order valence-electron chi connectivity index (χ4n) is 3.76. The SMILES string of the molecule is COc1ccc(-c2cc(C3(C(=O)Nc4nc5ccc(S(C)(=O)=O)cc5s4)CC3)no2)cc1OC. The maximum atomic E-state index is 13.2. The number of ether oxygens (including phenoxy) is 2. The summed E-state index contributed by atoms with van der Waals surface area (Å²) < 4.78 is 40.5. The number of benzene rings is 2. The topological polar surface area (TPSA) is 121 Å². The number of aromatic nitrogens is 2. The third kappa shape index (κ3) is 3.90. The van der Waals surface area contributed by atoms with Crippen molar-refractivity contribution in [3.05, 3.63) is 48.2 Å². The minimum absolute atomic E-state index is 0.213. The van der Waals surface area contributed by atoms with E-state index in [2.05, 4.69) is 15.5 Å². The van der Waals surface area contributed by atoms with Crippen molar-refractivity contribution in [1.29, 1.82) is 0 Å². The highest BCUT2D eigenvalue weighted by molar-refractivity contribution is 7.90. The Morgan fingerprint density at radius 2 is 1.85 bits per heavy atom. The van der Waals surface area contributed by atoms with Gasteiger partial charge in [-0.3, -0.25) is 4.79 Å². The number of methoxy groups -OCH3 is 2. The molecule has 1 amide bonds. The molecule has 1 aliphatic rings. The van der Waals surface area contributed by atoms with E-state index in [-0.39, 0.29) is 10.8 Å². The van der Waals surface area contributed by atoms with Gasteiger partial charge in [0.15, 0.2) is 32.2 Å². The van der Waals surface area contributed by atoms with Gasteiger partial charge in [0.25, 0.3) is 0 Å². The molecule has 0 unspecified atom stereocenters. The smallest absolute Gasteiger partial charge is 0.238 e. The van der Waals surface area contributed by atoms with Crippen molar-refractivity contribution in [3.8, 4) is 22.8 Å². The molecule has 0 aliphatic heterocycles. The van der Waals surface area contributed by atoms with Gasteiger partial charge in [-0.2, -0.15) is 0 Å². The molecule has 2 aromatic heterocycles. The van der Waals surface area contributed by atoms with Crippen LogP contribution in [0.15, 0.2) is 51.9 Å². The lowest BCUT2D eigenvalue weighted by Gasteiger charge is -2.10. The molecule has 1 saturated carbocycles. The lowest BCUT2D eigenvalue weighted by atomic mass is 10.0. The van der Waals surface area contributed by atoms with Gasteiger partial charge >= 0.3 is 0 Å². The Morgan fingerprint density at radius 1 is 1.09 bits per heavy atom. The van der Waals surface area contributed by atoms with Crippen molar-refractivity contribution < 1.29 is 27.2 Å². The Kier molecular flexibility index (Phi) is 5.33. The average molecular weight is 500 g/mol. The number of hydrogen-bond acceptors (Lipinski definition) is 9. The highest BCUT2D eigenvalue weighted by Crippen LogP contribution is 2.49. The normalized spacial score (nSPS) is 14.7. The molecule has 2 heterocycles. The molecule has 1 N–H and O–H groups in total. The number of hydrogen-bond donors (Lipinski definition) is 1. The molecule has 0 spiro atoms. The number of carbonyl (C=O) groups is 1. The second-order valence-corrected chi connectivity index (χ2v) is 11.1. The summed E-state index contributed by atoms with van der Waals surface area (Å²) in [6, 6.07) is 11.9. The standard InChI is InChI=1S/C23H21N3O6S2/c1-30-16-7-4-13(10-18(16)31-2)17-12-20(26-32-17)23(8-9-23)21(27)25-22-24-15-6-5-14(34(3,28)29)11-19(15)33-22/h4-7,10-12H,8-9H2,1-3H3,(H,24,25,27). The van der Waals surface area contributed by atoms with E-state index in [0.29, 0.717) is 51.1 Å². The van der Waals surface area contributed by atoms with Gasteiger partial charge in [0, 0.05) is 17.9 Å². The third-order valence-corrected chi connectivity index (χ3v) is 7.91. The zero-order valence-corrected chi connectivity index (χ0v) is 20.2. The van der Waals surface area contributed by atoms with Gasteiger partial charge in [-0.05, 0) is 49.2 Å². The molecular weight excluding hydrogens is 478 g/mol. The number of fused-ring (bicyclic) bond motifs is 1. The summed E-state index contributed by atoms with van der Waals surface area (Å²) in [6.07, 6.45) is 2.43. The summed E-state index contributed by atoms with van der Waals surface area (Å²) in [6.45, 7) is 0. The van der Waals surface area contributed by atoms with E-state index in [1.54, 1.807) is 44.6 Å². The molecule has 34 heavy (non-hydrogen) atoms. The summed E-state index contributed by atoms with van der Waals surface area (Å²) >= 11 is 1.23. The molecule has 1 aliphatic carbocycles. The second kappa shape index (κ2) is 8.10. The zero-order chi connectivity index (χ0) is 24.1. The van der Waals surface area contributed by atoms with Crippen molar-refractivity contribution in [2.75, 3.05) is 25.8 Å². The van der Waals surface area contributed by atoms with E-state index in [4.69, 9.17) is 14.0 Å². The van der Waals surface area contributed by atoms with Crippen molar-refractivity contribution in [2.24, 2.45) is 0 Å². The van der Waals surface area contributed by atoms with Crippen LogP contribution in [-0.4, -0.2) is 44.9 Å². The third-order valence-electron chi connectivity index (χ3n) is 5.86. The molecule has 9 nitrogen and oxygen atoms in total. The summed E-state index contributed by atoms with van der Waals surface area (Å²) in [5.41, 5.74) is 1.14. The van der Waals surface area contributed by atoms with E-state index in [0.717, 1.165) is 11.8 Å². The van der Waals surface area contributed by atoms with Crippen LogP contribution in [0.25, 0.3) is 21.5 Å². The number of anilines is 1. The number of rotatable bonds is 7. The first kappa shape index (κ1) is 22.4. The van der Waals surface area contributed by atoms with Gasteiger partial charge in [0.05, 0.1) is 40.4 Å². The molecule has 0 bridgehead atoms. The summed E-state index contributed by atoms with van der Waals surface area (Å²) in [7, 11) is -0.207. The van der Waals surface area contributed by atoms with Gasteiger partial charge < -0.3 is 19.3 Å². The number of carbonyl (C=O) groups excluding carboxylic acids is 1. The molecule has 176 valence electrons.